The molecule has 29 heavy (non-hydrogen) atoms. The van der Waals surface area contributed by atoms with Crippen LogP contribution in [0, 0.1) is 0 Å². The number of hydrogen-bond acceptors (Lipinski definition) is 3. The Kier molecular flexibility index (Phi) is 6.65. The standard InChI is InChI=1S/C23H27N3O3/c1-15(2)24-23(29)26-20-10-8-19(9-11-20)25-22(28)13-12-21(27)18-7-6-16-4-3-5-17(16)14-18/h6-11,14-15H,3-5,12-13H2,1-2H3,(H,25,28)(H2,24,26,29). The third kappa shape index (κ3) is 5.91. The number of anilines is 2. The van der Waals surface area contributed by atoms with Crippen molar-refractivity contribution in [3.8, 4) is 0 Å². The molecule has 0 spiro atoms. The molecule has 1 aliphatic carbocycles. The first-order valence-electron chi connectivity index (χ1n) is 10.0. The van der Waals surface area contributed by atoms with Gasteiger partial charge in [-0.25, -0.2) is 4.79 Å². The minimum atomic E-state index is -0.276. The van der Waals surface area contributed by atoms with E-state index in [1.807, 2.05) is 32.0 Å². The molecule has 0 bridgehead atoms. The van der Waals surface area contributed by atoms with E-state index < -0.39 is 0 Å². The predicted molar refractivity (Wildman–Crippen MR) is 114 cm³/mol. The van der Waals surface area contributed by atoms with E-state index in [0.717, 1.165) is 19.3 Å². The fraction of sp³-hybridized carbons (Fsp3) is 0.348. The number of Topliss-reactive ketones (excluding diaryl/α,β-unsaturated/α-hetero) is 1. The molecule has 1 aliphatic rings. The molecule has 0 fully saturated rings. The lowest BCUT2D eigenvalue weighted by Gasteiger charge is -2.11. The highest BCUT2D eigenvalue weighted by molar-refractivity contribution is 6.00. The van der Waals surface area contributed by atoms with Crippen LogP contribution in [0.4, 0.5) is 16.2 Å². The van der Waals surface area contributed by atoms with Crippen molar-refractivity contribution in [1.82, 2.24) is 5.32 Å². The zero-order valence-corrected chi connectivity index (χ0v) is 16.9. The molecule has 0 radical (unpaired) electrons. The lowest BCUT2D eigenvalue weighted by atomic mass is 10.0. The summed E-state index contributed by atoms with van der Waals surface area (Å²) in [6, 6.07) is 12.5. The summed E-state index contributed by atoms with van der Waals surface area (Å²) in [5, 5.41) is 8.25. The number of amides is 3. The minimum Gasteiger partial charge on any atom is -0.336 e. The zero-order valence-electron chi connectivity index (χ0n) is 16.9. The normalized spacial score (nSPS) is 12.4. The van der Waals surface area contributed by atoms with E-state index in [1.54, 1.807) is 24.3 Å². The minimum absolute atomic E-state index is 0.00874. The maximum Gasteiger partial charge on any atom is 0.319 e. The monoisotopic (exact) mass is 393 g/mol. The largest absolute Gasteiger partial charge is 0.336 e. The summed E-state index contributed by atoms with van der Waals surface area (Å²) < 4.78 is 0. The van der Waals surface area contributed by atoms with Gasteiger partial charge in [-0.05, 0) is 74.6 Å². The Hall–Kier alpha value is -3.15. The molecule has 0 aliphatic heterocycles. The van der Waals surface area contributed by atoms with Crippen LogP contribution in [0.2, 0.25) is 0 Å². The molecule has 6 heteroatoms. The summed E-state index contributed by atoms with van der Waals surface area (Å²) in [5.74, 6) is -0.219. The number of hydrogen-bond donors (Lipinski definition) is 3. The Morgan fingerprint density at radius 3 is 2.21 bits per heavy atom. The highest BCUT2D eigenvalue weighted by Crippen LogP contribution is 2.23. The third-order valence-electron chi connectivity index (χ3n) is 4.85. The summed E-state index contributed by atoms with van der Waals surface area (Å²) in [7, 11) is 0. The van der Waals surface area contributed by atoms with Crippen molar-refractivity contribution in [3.05, 3.63) is 59.2 Å². The Labute approximate surface area is 171 Å². The van der Waals surface area contributed by atoms with Crippen molar-refractivity contribution in [1.29, 1.82) is 0 Å². The van der Waals surface area contributed by atoms with Crippen LogP contribution in [-0.2, 0) is 17.6 Å². The van der Waals surface area contributed by atoms with Gasteiger partial charge < -0.3 is 16.0 Å². The molecule has 2 aromatic carbocycles. The smallest absolute Gasteiger partial charge is 0.319 e. The number of fused-ring (bicyclic) bond motifs is 1. The van der Waals surface area contributed by atoms with Crippen molar-refractivity contribution in [3.63, 3.8) is 0 Å². The van der Waals surface area contributed by atoms with Crippen LogP contribution >= 0.6 is 0 Å². The first-order valence-corrected chi connectivity index (χ1v) is 10.0. The molecular formula is C23H27N3O3. The molecule has 0 unspecified atom stereocenters. The fourth-order valence-corrected chi connectivity index (χ4v) is 3.41. The van der Waals surface area contributed by atoms with E-state index in [0.29, 0.717) is 16.9 Å². The number of rotatable bonds is 7. The summed E-state index contributed by atoms with van der Waals surface area (Å²) in [6.45, 7) is 3.76. The number of carbonyl (C=O) groups excluding carboxylic acids is 3. The van der Waals surface area contributed by atoms with Crippen LogP contribution in [0.25, 0.3) is 0 Å². The SMILES string of the molecule is CC(C)NC(=O)Nc1ccc(NC(=O)CCC(=O)c2ccc3c(c2)CCC3)cc1. The van der Waals surface area contributed by atoms with Gasteiger partial charge in [0.25, 0.3) is 0 Å². The Bertz CT molecular complexity index is 904. The molecule has 3 N–H and O–H groups in total. The Balaban J connectivity index is 1.46. The molecule has 0 saturated heterocycles. The Morgan fingerprint density at radius 2 is 1.52 bits per heavy atom. The predicted octanol–water partition coefficient (Wildman–Crippen LogP) is 4.31. The van der Waals surface area contributed by atoms with E-state index in [9.17, 15) is 14.4 Å². The van der Waals surface area contributed by atoms with Gasteiger partial charge in [0.1, 0.15) is 0 Å². The van der Waals surface area contributed by atoms with Gasteiger partial charge in [-0.15, -0.1) is 0 Å². The van der Waals surface area contributed by atoms with Crippen molar-refractivity contribution in [2.24, 2.45) is 0 Å². The van der Waals surface area contributed by atoms with Crippen molar-refractivity contribution in [2.45, 2.75) is 52.0 Å². The second kappa shape index (κ2) is 9.37. The van der Waals surface area contributed by atoms with Gasteiger partial charge in [0.2, 0.25) is 5.91 Å². The second-order valence-electron chi connectivity index (χ2n) is 7.64. The summed E-state index contributed by atoms with van der Waals surface area (Å²) in [4.78, 5) is 36.3. The average molecular weight is 393 g/mol. The summed E-state index contributed by atoms with van der Waals surface area (Å²) >= 11 is 0. The first kappa shape index (κ1) is 20.6. The van der Waals surface area contributed by atoms with E-state index in [2.05, 4.69) is 16.0 Å². The molecule has 0 saturated carbocycles. The molecule has 3 amide bonds. The van der Waals surface area contributed by atoms with Crippen LogP contribution in [0.15, 0.2) is 42.5 Å². The van der Waals surface area contributed by atoms with E-state index in [4.69, 9.17) is 0 Å². The fourth-order valence-electron chi connectivity index (χ4n) is 3.41. The Morgan fingerprint density at radius 1 is 0.862 bits per heavy atom. The van der Waals surface area contributed by atoms with Crippen LogP contribution < -0.4 is 16.0 Å². The number of urea groups is 1. The maximum atomic E-state index is 12.4. The van der Waals surface area contributed by atoms with Gasteiger partial charge in [-0.3, -0.25) is 9.59 Å². The number of carbonyl (C=O) groups is 3. The molecule has 2 aromatic rings. The first-order chi connectivity index (χ1) is 13.9. The van der Waals surface area contributed by atoms with Crippen LogP contribution in [-0.4, -0.2) is 23.8 Å². The van der Waals surface area contributed by atoms with Gasteiger partial charge in [-0.1, -0.05) is 12.1 Å². The van der Waals surface area contributed by atoms with Crippen LogP contribution in [0.5, 0.6) is 0 Å². The number of benzene rings is 2. The quantitative estimate of drug-likeness (QED) is 0.613. The van der Waals surface area contributed by atoms with Gasteiger partial charge in [0.05, 0.1) is 0 Å². The lowest BCUT2D eigenvalue weighted by Crippen LogP contribution is -2.34. The van der Waals surface area contributed by atoms with Gasteiger partial charge >= 0.3 is 6.03 Å². The van der Waals surface area contributed by atoms with Crippen molar-refractivity contribution < 1.29 is 14.4 Å². The molecule has 3 rings (SSSR count). The van der Waals surface area contributed by atoms with E-state index in [1.165, 1.54) is 11.1 Å². The molecule has 6 nitrogen and oxygen atoms in total. The van der Waals surface area contributed by atoms with Crippen LogP contribution in [0.1, 0.15) is 54.6 Å². The highest BCUT2D eigenvalue weighted by Gasteiger charge is 2.15. The van der Waals surface area contributed by atoms with Gasteiger partial charge in [-0.2, -0.15) is 0 Å². The van der Waals surface area contributed by atoms with E-state index in [-0.39, 0.29) is 36.6 Å². The molecule has 0 heterocycles. The molecular weight excluding hydrogens is 366 g/mol. The topological polar surface area (TPSA) is 87.3 Å². The summed E-state index contributed by atoms with van der Waals surface area (Å²) in [5.41, 5.74) is 4.53. The molecule has 0 aromatic heterocycles. The second-order valence-corrected chi connectivity index (χ2v) is 7.64. The zero-order chi connectivity index (χ0) is 20.8. The van der Waals surface area contributed by atoms with Gasteiger partial charge in [0.15, 0.2) is 5.78 Å². The molecule has 0 atom stereocenters. The molecule has 152 valence electrons. The van der Waals surface area contributed by atoms with Crippen molar-refractivity contribution in [2.75, 3.05) is 10.6 Å². The summed E-state index contributed by atoms with van der Waals surface area (Å²) in [6.07, 6.45) is 3.57. The number of aryl methyl sites for hydroxylation is 2. The average Bonchev–Trinajstić information content (AvgIpc) is 3.15. The number of ketones is 1. The van der Waals surface area contributed by atoms with Crippen molar-refractivity contribution >= 4 is 29.1 Å². The highest BCUT2D eigenvalue weighted by atomic mass is 16.2. The lowest BCUT2D eigenvalue weighted by molar-refractivity contribution is -0.116. The van der Waals surface area contributed by atoms with E-state index >= 15 is 0 Å². The third-order valence-corrected chi connectivity index (χ3v) is 4.85. The van der Waals surface area contributed by atoms with Crippen LogP contribution in [0.3, 0.4) is 0 Å². The van der Waals surface area contributed by atoms with Gasteiger partial charge in [0, 0.05) is 35.8 Å². The maximum absolute atomic E-state index is 12.4. The number of nitrogens with one attached hydrogen (secondary N) is 3.